The third kappa shape index (κ3) is 4.00. The topological polar surface area (TPSA) is 26.3 Å². The van der Waals surface area contributed by atoms with E-state index in [0.717, 1.165) is 6.92 Å². The fourth-order valence-electron chi connectivity index (χ4n) is 0.257. The van der Waals surface area contributed by atoms with Gasteiger partial charge < -0.3 is 4.74 Å². The highest BCUT2D eigenvalue weighted by molar-refractivity contribution is 5.66. The van der Waals surface area contributed by atoms with E-state index in [1.54, 1.807) is 0 Å². The molecule has 0 fully saturated rings. The molecule has 0 radical (unpaired) electrons. The molecule has 0 saturated carbocycles. The standard InChI is InChI=1S/C6H8F2O2/c1-4(6(7)8)3-10-5(2)9/h6H,1,3H2,2H3. The molecule has 0 spiro atoms. The van der Waals surface area contributed by atoms with Crippen molar-refractivity contribution in [2.45, 2.75) is 13.3 Å². The second-order valence-electron chi connectivity index (χ2n) is 1.74. The van der Waals surface area contributed by atoms with Gasteiger partial charge in [-0.05, 0) is 0 Å². The van der Waals surface area contributed by atoms with Crippen molar-refractivity contribution in [2.75, 3.05) is 6.61 Å². The zero-order chi connectivity index (χ0) is 8.15. The van der Waals surface area contributed by atoms with Gasteiger partial charge in [-0.25, -0.2) is 8.78 Å². The minimum absolute atomic E-state index is 0.379. The molecule has 0 rings (SSSR count). The van der Waals surface area contributed by atoms with Crippen LogP contribution >= 0.6 is 0 Å². The van der Waals surface area contributed by atoms with E-state index in [0.29, 0.717) is 0 Å². The maximum Gasteiger partial charge on any atom is 0.302 e. The Morgan fingerprint density at radius 1 is 1.70 bits per heavy atom. The van der Waals surface area contributed by atoms with Gasteiger partial charge in [0, 0.05) is 12.5 Å². The lowest BCUT2D eigenvalue weighted by atomic mass is 10.3. The van der Waals surface area contributed by atoms with Crippen LogP contribution in [0.1, 0.15) is 6.92 Å². The summed E-state index contributed by atoms with van der Waals surface area (Å²) in [5.74, 6) is -0.582. The maximum atomic E-state index is 11.6. The number of esters is 1. The predicted molar refractivity (Wildman–Crippen MR) is 31.8 cm³/mol. The van der Waals surface area contributed by atoms with Gasteiger partial charge in [0.2, 0.25) is 0 Å². The second-order valence-corrected chi connectivity index (χ2v) is 1.74. The van der Waals surface area contributed by atoms with Gasteiger partial charge >= 0.3 is 5.97 Å². The minimum Gasteiger partial charge on any atom is -0.461 e. The molecule has 4 heteroatoms. The first-order chi connectivity index (χ1) is 4.54. The van der Waals surface area contributed by atoms with Crippen LogP contribution in [0.15, 0.2) is 12.2 Å². The predicted octanol–water partition coefficient (Wildman–Crippen LogP) is 1.37. The van der Waals surface area contributed by atoms with Gasteiger partial charge in [-0.1, -0.05) is 6.58 Å². The first-order valence-electron chi connectivity index (χ1n) is 2.63. The van der Waals surface area contributed by atoms with Crippen molar-refractivity contribution >= 4 is 5.97 Å². The summed E-state index contributed by atoms with van der Waals surface area (Å²) in [5, 5.41) is 0. The Morgan fingerprint density at radius 3 is 2.50 bits per heavy atom. The lowest BCUT2D eigenvalue weighted by molar-refractivity contribution is -0.140. The van der Waals surface area contributed by atoms with Gasteiger partial charge in [0.05, 0.1) is 0 Å². The Labute approximate surface area is 57.5 Å². The largest absolute Gasteiger partial charge is 0.461 e. The molecule has 0 aliphatic rings. The molecule has 0 aliphatic carbocycles. The summed E-state index contributed by atoms with van der Waals surface area (Å²) < 4.78 is 27.4. The lowest BCUT2D eigenvalue weighted by Crippen LogP contribution is -2.07. The average Bonchev–Trinajstić information content (AvgIpc) is 1.82. The zero-order valence-corrected chi connectivity index (χ0v) is 5.56. The summed E-state index contributed by atoms with van der Waals surface area (Å²) in [6, 6.07) is 0. The van der Waals surface area contributed by atoms with E-state index < -0.39 is 19.0 Å². The van der Waals surface area contributed by atoms with Crippen LogP contribution in [0, 0.1) is 0 Å². The summed E-state index contributed by atoms with van der Waals surface area (Å²) in [7, 11) is 0. The van der Waals surface area contributed by atoms with Crippen molar-refractivity contribution in [3.63, 3.8) is 0 Å². The minimum atomic E-state index is -2.61. The molecule has 0 bridgehead atoms. The van der Waals surface area contributed by atoms with Crippen LogP contribution in [0.25, 0.3) is 0 Å². The molecule has 2 nitrogen and oxygen atoms in total. The highest BCUT2D eigenvalue weighted by Gasteiger charge is 2.08. The number of halogens is 2. The van der Waals surface area contributed by atoms with Crippen molar-refractivity contribution < 1.29 is 18.3 Å². The van der Waals surface area contributed by atoms with Crippen LogP contribution in [0.2, 0.25) is 0 Å². The first-order valence-corrected chi connectivity index (χ1v) is 2.63. The van der Waals surface area contributed by atoms with Gasteiger partial charge in [0.1, 0.15) is 6.61 Å². The Kier molecular flexibility index (Phi) is 3.61. The molecule has 0 amide bonds. The van der Waals surface area contributed by atoms with Crippen LogP contribution in [-0.2, 0) is 9.53 Å². The number of ether oxygens (including phenoxy) is 1. The van der Waals surface area contributed by atoms with Crippen LogP contribution in [0.3, 0.4) is 0 Å². The molecule has 0 unspecified atom stereocenters. The van der Waals surface area contributed by atoms with Crippen molar-refractivity contribution in [3.05, 3.63) is 12.2 Å². The molecule has 0 N–H and O–H groups in total. The highest BCUT2D eigenvalue weighted by Crippen LogP contribution is 2.05. The van der Waals surface area contributed by atoms with Gasteiger partial charge in [0.15, 0.2) is 0 Å². The maximum absolute atomic E-state index is 11.6. The van der Waals surface area contributed by atoms with E-state index in [9.17, 15) is 13.6 Å². The van der Waals surface area contributed by atoms with Crippen LogP contribution in [-0.4, -0.2) is 19.0 Å². The smallest absolute Gasteiger partial charge is 0.302 e. The Hall–Kier alpha value is -0.930. The van der Waals surface area contributed by atoms with Crippen molar-refractivity contribution in [1.82, 2.24) is 0 Å². The summed E-state index contributed by atoms with van der Waals surface area (Å²) in [4.78, 5) is 10.1. The molecule has 58 valence electrons. The van der Waals surface area contributed by atoms with E-state index in [2.05, 4.69) is 11.3 Å². The fraction of sp³-hybridized carbons (Fsp3) is 0.500. The zero-order valence-electron chi connectivity index (χ0n) is 5.56. The van der Waals surface area contributed by atoms with Crippen molar-refractivity contribution in [2.24, 2.45) is 0 Å². The molecule has 0 atom stereocenters. The van der Waals surface area contributed by atoms with E-state index in [1.165, 1.54) is 0 Å². The molecule has 0 heterocycles. The number of alkyl halides is 2. The van der Waals surface area contributed by atoms with Gasteiger partial charge in [-0.15, -0.1) is 0 Å². The Bertz CT molecular complexity index is 143. The molecule has 0 aromatic heterocycles. The molecule has 0 aromatic rings. The first kappa shape index (κ1) is 9.07. The van der Waals surface area contributed by atoms with Gasteiger partial charge in [-0.2, -0.15) is 0 Å². The SMILES string of the molecule is C=C(COC(C)=O)C(F)F. The third-order valence-corrected chi connectivity index (χ3v) is 0.769. The normalized spacial score (nSPS) is 9.60. The molecule has 0 aromatic carbocycles. The lowest BCUT2D eigenvalue weighted by Gasteiger charge is -2.02. The van der Waals surface area contributed by atoms with E-state index >= 15 is 0 Å². The van der Waals surface area contributed by atoms with Crippen LogP contribution in [0.5, 0.6) is 0 Å². The highest BCUT2D eigenvalue weighted by atomic mass is 19.3. The summed E-state index contributed by atoms with van der Waals surface area (Å²) >= 11 is 0. The molecule has 10 heavy (non-hydrogen) atoms. The monoisotopic (exact) mass is 150 g/mol. The van der Waals surface area contributed by atoms with Gasteiger partial charge in [-0.3, -0.25) is 4.79 Å². The van der Waals surface area contributed by atoms with E-state index in [1.807, 2.05) is 0 Å². The van der Waals surface area contributed by atoms with Crippen LogP contribution < -0.4 is 0 Å². The number of carbonyl (C=O) groups is 1. The molecule has 0 aliphatic heterocycles. The summed E-state index contributed by atoms with van der Waals surface area (Å²) in [6.45, 7) is 3.75. The number of hydrogen-bond acceptors (Lipinski definition) is 2. The second kappa shape index (κ2) is 3.98. The number of carbonyl (C=O) groups excluding carboxylic acids is 1. The van der Waals surface area contributed by atoms with E-state index in [-0.39, 0.29) is 5.57 Å². The quantitative estimate of drug-likeness (QED) is 0.448. The van der Waals surface area contributed by atoms with Crippen molar-refractivity contribution in [3.8, 4) is 0 Å². The Morgan fingerprint density at radius 2 is 2.20 bits per heavy atom. The summed E-state index contributed by atoms with van der Waals surface area (Å²) in [5.41, 5.74) is -0.379. The molecular formula is C6H8F2O2. The average molecular weight is 150 g/mol. The molecular weight excluding hydrogens is 142 g/mol. The van der Waals surface area contributed by atoms with Gasteiger partial charge in [0.25, 0.3) is 6.43 Å². The van der Waals surface area contributed by atoms with Crippen LogP contribution in [0.4, 0.5) is 8.78 Å². The third-order valence-electron chi connectivity index (χ3n) is 0.769. The molecule has 0 saturated heterocycles. The number of hydrogen-bond donors (Lipinski definition) is 0. The fourth-order valence-corrected chi connectivity index (χ4v) is 0.257. The number of rotatable bonds is 3. The van der Waals surface area contributed by atoms with E-state index in [4.69, 9.17) is 0 Å². The van der Waals surface area contributed by atoms with Crippen molar-refractivity contribution in [1.29, 1.82) is 0 Å². The summed E-state index contributed by atoms with van der Waals surface area (Å²) in [6.07, 6.45) is -2.61. The Balaban J connectivity index is 3.50.